The number of carbonyl (C=O) groups excluding carboxylic acids is 1. The molecule has 22 heavy (non-hydrogen) atoms. The molecule has 4 N–H and O–H groups in total. The van der Waals surface area contributed by atoms with E-state index < -0.39 is 20.3 Å². The van der Waals surface area contributed by atoms with Crippen LogP contribution < -0.4 is 0 Å². The first kappa shape index (κ1) is 22.7. The second kappa shape index (κ2) is 14.4. The average molecular weight is 335 g/mol. The van der Waals surface area contributed by atoms with Crippen molar-refractivity contribution in [2.45, 2.75) is 39.7 Å². The Morgan fingerprint density at radius 2 is 1.77 bits per heavy atom. The van der Waals surface area contributed by atoms with E-state index in [0.29, 0.717) is 12.4 Å². The van der Waals surface area contributed by atoms with Crippen LogP contribution in [0.5, 0.6) is 5.75 Å². The van der Waals surface area contributed by atoms with Crippen molar-refractivity contribution in [3.05, 3.63) is 29.8 Å². The van der Waals surface area contributed by atoms with E-state index in [1.807, 2.05) is 18.2 Å². The number of para-hydroxylation sites is 1. The van der Waals surface area contributed by atoms with Crippen molar-refractivity contribution in [2.24, 2.45) is 0 Å². The molecular formula is C14H24O7P+. The summed E-state index contributed by atoms with van der Waals surface area (Å²) in [6, 6.07) is 7.48. The van der Waals surface area contributed by atoms with E-state index >= 15 is 0 Å². The molecule has 0 saturated carbocycles. The molecule has 0 aliphatic carbocycles. The molecule has 1 atom stereocenters. The summed E-state index contributed by atoms with van der Waals surface area (Å²) in [5.41, 5.74) is 1.05. The Hall–Kier alpha value is -1.53. The summed E-state index contributed by atoms with van der Waals surface area (Å²) in [6.45, 7) is 5.49. The number of phenols is 1. The van der Waals surface area contributed by atoms with Crippen molar-refractivity contribution in [1.82, 2.24) is 0 Å². The molecule has 1 aromatic carbocycles. The highest BCUT2D eigenvalue weighted by molar-refractivity contribution is 7.30. The van der Waals surface area contributed by atoms with Gasteiger partial charge in [0.25, 0.3) is 0 Å². The maximum absolute atomic E-state index is 10.3. The Kier molecular flexibility index (Phi) is 14.9. The third-order valence-electron chi connectivity index (χ3n) is 2.14. The number of phenolic OH excluding ortho intramolecular Hbond substituents is 1. The minimum Gasteiger partial charge on any atom is -0.508 e. The number of aromatic hydroxyl groups is 1. The van der Waals surface area contributed by atoms with Crippen molar-refractivity contribution in [2.75, 3.05) is 6.61 Å². The molecule has 0 radical (unpaired) electrons. The molecule has 0 amide bonds. The van der Waals surface area contributed by atoms with E-state index in [0.717, 1.165) is 18.4 Å². The summed E-state index contributed by atoms with van der Waals surface area (Å²) >= 11 is 0. The van der Waals surface area contributed by atoms with Crippen LogP contribution in [0.4, 0.5) is 0 Å². The molecule has 0 heterocycles. The molecule has 7 nitrogen and oxygen atoms in total. The molecule has 0 fully saturated rings. The smallest absolute Gasteiger partial charge is 0.508 e. The first-order valence-corrected chi connectivity index (χ1v) is 7.89. The second-order valence-electron chi connectivity index (χ2n) is 4.06. The molecule has 126 valence electrons. The van der Waals surface area contributed by atoms with Gasteiger partial charge in [0.2, 0.25) is 0 Å². The van der Waals surface area contributed by atoms with Crippen LogP contribution in [-0.4, -0.2) is 38.7 Å². The molecule has 1 aromatic rings. The lowest BCUT2D eigenvalue weighted by atomic mass is 10.1. The van der Waals surface area contributed by atoms with E-state index in [4.69, 9.17) is 19.5 Å². The van der Waals surface area contributed by atoms with Gasteiger partial charge in [0.15, 0.2) is 0 Å². The van der Waals surface area contributed by atoms with E-state index in [1.165, 1.54) is 6.92 Å². The number of aryl methyl sites for hydroxylation is 1. The molecule has 0 spiro atoms. The fourth-order valence-electron chi connectivity index (χ4n) is 1.25. The molecule has 1 rings (SSSR count). The van der Waals surface area contributed by atoms with E-state index in [1.54, 1.807) is 13.0 Å². The quantitative estimate of drug-likeness (QED) is 0.489. The summed E-state index contributed by atoms with van der Waals surface area (Å²) in [4.78, 5) is 24.5. The van der Waals surface area contributed by atoms with Gasteiger partial charge < -0.3 is 14.9 Å². The lowest BCUT2D eigenvalue weighted by Gasteiger charge is -2.01. The van der Waals surface area contributed by atoms with Crippen LogP contribution in [0.15, 0.2) is 24.3 Å². The predicted octanol–water partition coefficient (Wildman–Crippen LogP) is 1.90. The first-order chi connectivity index (χ1) is 10.3. The van der Waals surface area contributed by atoms with Gasteiger partial charge in [0, 0.05) is 4.57 Å². The fraction of sp³-hybridized carbons (Fsp3) is 0.500. The van der Waals surface area contributed by atoms with Crippen molar-refractivity contribution in [3.63, 3.8) is 0 Å². The number of hydrogen-bond donors (Lipinski definition) is 4. The highest BCUT2D eigenvalue weighted by atomic mass is 31.1. The fourth-order valence-corrected chi connectivity index (χ4v) is 1.25. The number of rotatable bonds is 4. The van der Waals surface area contributed by atoms with Gasteiger partial charge in [-0.25, -0.2) is 4.79 Å². The largest absolute Gasteiger partial charge is 0.692 e. The molecule has 1 unspecified atom stereocenters. The number of esters is 1. The minimum absolute atomic E-state index is 0.323. The highest BCUT2D eigenvalue weighted by Crippen LogP contribution is 2.16. The van der Waals surface area contributed by atoms with E-state index in [-0.39, 0.29) is 0 Å². The monoisotopic (exact) mass is 335 g/mol. The van der Waals surface area contributed by atoms with Crippen molar-refractivity contribution in [3.8, 4) is 5.75 Å². The van der Waals surface area contributed by atoms with Crippen LogP contribution in [0.2, 0.25) is 0 Å². The van der Waals surface area contributed by atoms with Gasteiger partial charge >= 0.3 is 14.2 Å². The van der Waals surface area contributed by atoms with Gasteiger partial charge in [-0.1, -0.05) is 31.5 Å². The van der Waals surface area contributed by atoms with Crippen molar-refractivity contribution >= 4 is 14.2 Å². The number of benzene rings is 1. The average Bonchev–Trinajstić information content (AvgIpc) is 2.42. The normalized spacial score (nSPS) is 10.3. The predicted molar refractivity (Wildman–Crippen MR) is 82.5 cm³/mol. The van der Waals surface area contributed by atoms with Gasteiger partial charge in [0.05, 0.1) is 6.61 Å². The molecule has 0 aliphatic rings. The van der Waals surface area contributed by atoms with Gasteiger partial charge in [-0.05, 0) is 31.9 Å². The Balaban J connectivity index is 0. The zero-order valence-corrected chi connectivity index (χ0v) is 13.9. The van der Waals surface area contributed by atoms with Gasteiger partial charge in [-0.2, -0.15) is 0 Å². The van der Waals surface area contributed by atoms with Gasteiger partial charge in [-0.3, -0.25) is 0 Å². The van der Waals surface area contributed by atoms with Crippen LogP contribution in [-0.2, 0) is 20.5 Å². The topological polar surface area (TPSA) is 124 Å². The summed E-state index contributed by atoms with van der Waals surface area (Å²) in [6.07, 6.45) is 1.06. The number of aliphatic hydroxyl groups excluding tert-OH is 1. The summed E-state index contributed by atoms with van der Waals surface area (Å²) < 4.78 is 13.1. The summed E-state index contributed by atoms with van der Waals surface area (Å²) in [5.74, 6) is -0.142. The zero-order valence-electron chi connectivity index (χ0n) is 13.0. The molecule has 0 aromatic heterocycles. The minimum atomic E-state index is -2.87. The zero-order chi connectivity index (χ0) is 17.5. The maximum atomic E-state index is 10.3. The molecule has 0 bridgehead atoms. The highest BCUT2D eigenvalue weighted by Gasteiger charge is 2.07. The lowest BCUT2D eigenvalue weighted by molar-refractivity contribution is -0.151. The Morgan fingerprint density at radius 1 is 1.27 bits per heavy atom. The van der Waals surface area contributed by atoms with Crippen molar-refractivity contribution in [1.29, 1.82) is 0 Å². The summed E-state index contributed by atoms with van der Waals surface area (Å²) in [5, 5.41) is 17.7. The molecule has 0 aliphatic heterocycles. The van der Waals surface area contributed by atoms with Gasteiger partial charge in [-0.15, -0.1) is 9.79 Å². The number of aliphatic hydroxyl groups is 1. The Bertz CT molecular complexity index is 431. The first-order valence-electron chi connectivity index (χ1n) is 6.72. The van der Waals surface area contributed by atoms with E-state index in [9.17, 15) is 9.90 Å². The Labute approximate surface area is 131 Å². The van der Waals surface area contributed by atoms with Crippen molar-refractivity contribution < 1.29 is 34.1 Å². The lowest BCUT2D eigenvalue weighted by Crippen LogP contribution is -2.18. The maximum Gasteiger partial charge on any atom is 0.692 e. The number of carbonyl (C=O) groups is 1. The van der Waals surface area contributed by atoms with Crippen LogP contribution in [0.25, 0.3) is 0 Å². The number of ether oxygens (including phenoxy) is 1. The summed E-state index contributed by atoms with van der Waals surface area (Å²) in [7, 11) is -2.87. The third kappa shape index (κ3) is 14.9. The molecule has 0 saturated heterocycles. The Morgan fingerprint density at radius 3 is 2.09 bits per heavy atom. The van der Waals surface area contributed by atoms with Crippen LogP contribution in [0, 0.1) is 0 Å². The SMILES string of the molecule is CCCc1ccccc1O.CCOC(=O)C(C)O.O=[P+](O)O. The van der Waals surface area contributed by atoms with Crippen LogP contribution in [0.3, 0.4) is 0 Å². The van der Waals surface area contributed by atoms with Crippen LogP contribution >= 0.6 is 8.25 Å². The molecule has 8 heteroatoms. The number of hydrogen-bond acceptors (Lipinski definition) is 5. The molecular weight excluding hydrogens is 311 g/mol. The third-order valence-corrected chi connectivity index (χ3v) is 2.14. The van der Waals surface area contributed by atoms with E-state index in [2.05, 4.69) is 11.7 Å². The van der Waals surface area contributed by atoms with Crippen LogP contribution in [0.1, 0.15) is 32.8 Å². The van der Waals surface area contributed by atoms with Gasteiger partial charge in [0.1, 0.15) is 11.9 Å². The second-order valence-corrected chi connectivity index (χ2v) is 4.56. The standard InChI is InChI=1S/C9H12O.C5H10O3.HO3P/c1-2-5-8-6-3-4-7-9(8)10;1-3-8-5(7)4(2)6;1-4(2)3/h3-4,6-7,10H,2,5H2,1H3;4,6H,3H2,1-2H3;(H-,1,2,3)/p+1.